The van der Waals surface area contributed by atoms with Gasteiger partial charge in [-0.15, -0.1) is 11.8 Å². The van der Waals surface area contributed by atoms with Crippen molar-refractivity contribution in [3.63, 3.8) is 0 Å². The Balaban J connectivity index is 1.62. The van der Waals surface area contributed by atoms with Crippen molar-refractivity contribution in [2.75, 3.05) is 17.8 Å². The molecule has 0 N–H and O–H groups in total. The lowest BCUT2D eigenvalue weighted by molar-refractivity contribution is -0.116. The predicted molar refractivity (Wildman–Crippen MR) is 124 cm³/mol. The first-order valence-corrected chi connectivity index (χ1v) is 11.3. The second kappa shape index (κ2) is 9.28. The van der Waals surface area contributed by atoms with Crippen LogP contribution in [0, 0.1) is 6.92 Å². The van der Waals surface area contributed by atoms with E-state index in [0.29, 0.717) is 23.2 Å². The number of hydrogen-bond donors (Lipinski definition) is 0. The van der Waals surface area contributed by atoms with Crippen LogP contribution >= 0.6 is 23.1 Å². The van der Waals surface area contributed by atoms with Gasteiger partial charge in [0.1, 0.15) is 11.3 Å². The maximum Gasteiger partial charge on any atom is 0.239 e. The zero-order valence-electron chi connectivity index (χ0n) is 16.7. The maximum absolute atomic E-state index is 13.2. The van der Waals surface area contributed by atoms with Crippen molar-refractivity contribution in [2.24, 2.45) is 0 Å². The molecule has 0 aliphatic rings. The number of thiazole rings is 1. The summed E-state index contributed by atoms with van der Waals surface area (Å²) in [5.41, 5.74) is 2.79. The molecule has 7 heteroatoms. The number of carbonyl (C=O) groups is 1. The zero-order chi connectivity index (χ0) is 20.9. The van der Waals surface area contributed by atoms with Crippen LogP contribution in [0.25, 0.3) is 10.2 Å². The number of anilines is 1. The number of aryl methyl sites for hydroxylation is 1. The number of pyridine rings is 1. The van der Waals surface area contributed by atoms with Gasteiger partial charge in [-0.2, -0.15) is 0 Å². The fourth-order valence-corrected chi connectivity index (χ4v) is 4.74. The minimum absolute atomic E-state index is 0.00995. The Morgan fingerprint density at radius 2 is 1.93 bits per heavy atom. The van der Waals surface area contributed by atoms with Crippen LogP contribution in [0.15, 0.2) is 71.8 Å². The van der Waals surface area contributed by atoms with Gasteiger partial charge in [0, 0.05) is 11.1 Å². The van der Waals surface area contributed by atoms with E-state index in [2.05, 4.69) is 24.0 Å². The summed E-state index contributed by atoms with van der Waals surface area (Å²) in [6, 6.07) is 19.7. The van der Waals surface area contributed by atoms with Crippen molar-refractivity contribution in [2.45, 2.75) is 18.4 Å². The van der Waals surface area contributed by atoms with Crippen molar-refractivity contribution in [1.82, 2.24) is 9.97 Å². The van der Waals surface area contributed by atoms with Crippen LogP contribution in [-0.2, 0) is 11.3 Å². The lowest BCUT2D eigenvalue weighted by atomic mass is 10.2. The molecule has 0 unspecified atom stereocenters. The molecule has 0 saturated carbocycles. The molecular formula is C23H21N3O2S2. The van der Waals surface area contributed by atoms with Gasteiger partial charge in [-0.1, -0.05) is 41.2 Å². The summed E-state index contributed by atoms with van der Waals surface area (Å²) in [5.74, 6) is 1.02. The predicted octanol–water partition coefficient (Wildman–Crippen LogP) is 5.33. The molecule has 5 nitrogen and oxygen atoms in total. The van der Waals surface area contributed by atoms with Crippen LogP contribution in [0.5, 0.6) is 5.75 Å². The fourth-order valence-electron chi connectivity index (χ4n) is 2.97. The minimum Gasteiger partial charge on any atom is -0.494 e. The number of ether oxygens (including phenoxy) is 1. The molecule has 0 aliphatic heterocycles. The summed E-state index contributed by atoms with van der Waals surface area (Å²) in [6.07, 6.45) is 1.74. The number of thioether (sulfide) groups is 1. The number of carbonyl (C=O) groups excluding carboxylic acids is 1. The van der Waals surface area contributed by atoms with Gasteiger partial charge in [0.15, 0.2) is 5.13 Å². The van der Waals surface area contributed by atoms with E-state index in [4.69, 9.17) is 9.72 Å². The van der Waals surface area contributed by atoms with Crippen LogP contribution < -0.4 is 9.64 Å². The lowest BCUT2D eigenvalue weighted by Crippen LogP contribution is -2.32. The highest BCUT2D eigenvalue weighted by molar-refractivity contribution is 8.00. The zero-order valence-corrected chi connectivity index (χ0v) is 18.4. The number of nitrogens with zero attached hydrogens (tertiary/aromatic N) is 3. The molecular weight excluding hydrogens is 414 g/mol. The normalized spacial score (nSPS) is 10.9. The van der Waals surface area contributed by atoms with Crippen LogP contribution in [0.1, 0.15) is 11.3 Å². The number of methoxy groups -OCH3 is 1. The van der Waals surface area contributed by atoms with Gasteiger partial charge in [0.2, 0.25) is 5.91 Å². The smallest absolute Gasteiger partial charge is 0.239 e. The maximum atomic E-state index is 13.2. The van der Waals surface area contributed by atoms with E-state index in [-0.39, 0.29) is 5.91 Å². The molecule has 0 radical (unpaired) electrons. The third kappa shape index (κ3) is 4.63. The number of benzene rings is 2. The highest BCUT2D eigenvalue weighted by atomic mass is 32.2. The van der Waals surface area contributed by atoms with Gasteiger partial charge in [0.05, 0.1) is 29.8 Å². The van der Waals surface area contributed by atoms with Gasteiger partial charge in [-0.25, -0.2) is 4.98 Å². The Morgan fingerprint density at radius 1 is 1.10 bits per heavy atom. The second-order valence-electron chi connectivity index (χ2n) is 6.71. The van der Waals surface area contributed by atoms with Gasteiger partial charge in [0.25, 0.3) is 0 Å². The topological polar surface area (TPSA) is 55.3 Å². The Labute approximate surface area is 183 Å². The molecule has 1 amide bonds. The van der Waals surface area contributed by atoms with Crippen LogP contribution in [0.3, 0.4) is 0 Å². The second-order valence-corrected chi connectivity index (χ2v) is 8.76. The van der Waals surface area contributed by atoms with E-state index in [1.807, 2.05) is 48.5 Å². The van der Waals surface area contributed by atoms with Crippen molar-refractivity contribution < 1.29 is 9.53 Å². The number of amides is 1. The SMILES string of the molecule is COc1cccc2sc(N(Cc3ccccn3)C(=O)CSc3ccc(C)cc3)nc12. The monoisotopic (exact) mass is 435 g/mol. The third-order valence-electron chi connectivity index (χ3n) is 4.55. The van der Waals surface area contributed by atoms with E-state index in [1.54, 1.807) is 18.2 Å². The molecule has 30 heavy (non-hydrogen) atoms. The molecule has 0 bridgehead atoms. The number of fused-ring (bicyclic) bond motifs is 1. The highest BCUT2D eigenvalue weighted by Gasteiger charge is 2.22. The van der Waals surface area contributed by atoms with Crippen LogP contribution in [-0.4, -0.2) is 28.7 Å². The van der Waals surface area contributed by atoms with Gasteiger partial charge in [-0.3, -0.25) is 14.7 Å². The van der Waals surface area contributed by atoms with Crippen molar-refractivity contribution in [3.8, 4) is 5.75 Å². The molecule has 0 fully saturated rings. The fraction of sp³-hybridized carbons (Fsp3) is 0.174. The molecule has 0 aliphatic carbocycles. The molecule has 2 aromatic heterocycles. The quantitative estimate of drug-likeness (QED) is 0.367. The first kappa shape index (κ1) is 20.4. The summed E-state index contributed by atoms with van der Waals surface area (Å²) in [4.78, 5) is 25.1. The van der Waals surface area contributed by atoms with E-state index < -0.39 is 0 Å². The van der Waals surface area contributed by atoms with E-state index >= 15 is 0 Å². The van der Waals surface area contributed by atoms with Gasteiger partial charge in [-0.05, 0) is 43.3 Å². The van der Waals surface area contributed by atoms with E-state index in [1.165, 1.54) is 28.7 Å². The first-order chi connectivity index (χ1) is 14.6. The minimum atomic E-state index is -0.00995. The summed E-state index contributed by atoms with van der Waals surface area (Å²) in [6.45, 7) is 2.42. The molecule has 0 spiro atoms. The molecule has 2 heterocycles. The van der Waals surface area contributed by atoms with Gasteiger partial charge < -0.3 is 4.74 Å². The Hall–Kier alpha value is -2.90. The molecule has 0 atom stereocenters. The highest BCUT2D eigenvalue weighted by Crippen LogP contribution is 2.35. The lowest BCUT2D eigenvalue weighted by Gasteiger charge is -2.19. The summed E-state index contributed by atoms with van der Waals surface area (Å²) < 4.78 is 6.42. The molecule has 152 valence electrons. The number of rotatable bonds is 7. The van der Waals surface area contributed by atoms with Crippen molar-refractivity contribution >= 4 is 44.4 Å². The van der Waals surface area contributed by atoms with E-state index in [9.17, 15) is 4.79 Å². The molecule has 4 aromatic rings. The third-order valence-corrected chi connectivity index (χ3v) is 6.59. The Bertz CT molecular complexity index is 1140. The average molecular weight is 436 g/mol. The Kier molecular flexibility index (Phi) is 6.30. The van der Waals surface area contributed by atoms with Crippen LogP contribution in [0.4, 0.5) is 5.13 Å². The number of aromatic nitrogens is 2. The largest absolute Gasteiger partial charge is 0.494 e. The number of para-hydroxylation sites is 1. The van der Waals surface area contributed by atoms with Gasteiger partial charge >= 0.3 is 0 Å². The van der Waals surface area contributed by atoms with E-state index in [0.717, 1.165) is 20.8 Å². The standard InChI is InChI=1S/C23H21N3O2S2/c1-16-9-11-18(12-10-16)29-15-21(27)26(14-17-6-3-4-13-24-17)23-25-22-19(28-2)7-5-8-20(22)30-23/h3-13H,14-15H2,1-2H3. The average Bonchev–Trinajstić information content (AvgIpc) is 3.21. The molecule has 0 saturated heterocycles. The first-order valence-electron chi connectivity index (χ1n) is 9.47. The number of hydrogen-bond acceptors (Lipinski definition) is 6. The van der Waals surface area contributed by atoms with Crippen molar-refractivity contribution in [1.29, 1.82) is 0 Å². The Morgan fingerprint density at radius 3 is 2.67 bits per heavy atom. The van der Waals surface area contributed by atoms with Crippen molar-refractivity contribution in [3.05, 3.63) is 78.1 Å². The molecule has 4 rings (SSSR count). The summed E-state index contributed by atoms with van der Waals surface area (Å²) in [5, 5.41) is 0.648. The molecule has 2 aromatic carbocycles. The summed E-state index contributed by atoms with van der Waals surface area (Å²) >= 11 is 3.01. The van der Waals surface area contributed by atoms with Crippen LogP contribution in [0.2, 0.25) is 0 Å². The summed E-state index contributed by atoms with van der Waals surface area (Å²) in [7, 11) is 1.63.